The van der Waals surface area contributed by atoms with Gasteiger partial charge in [0.2, 0.25) is 0 Å². The van der Waals surface area contributed by atoms with Gasteiger partial charge in [-0.1, -0.05) is 0 Å². The second kappa shape index (κ2) is 4.17. The lowest BCUT2D eigenvalue weighted by Crippen LogP contribution is -2.14. The molecule has 2 aliphatic carbocycles. The molecule has 0 radical (unpaired) electrons. The van der Waals surface area contributed by atoms with Crippen LogP contribution in [-0.2, 0) is 6.54 Å². The van der Waals surface area contributed by atoms with Crippen molar-refractivity contribution in [2.45, 2.75) is 44.3 Å². The SMILES string of the molecule is c1nc(-c2cncn2C2CC2)sc1CNC1CC1. The molecule has 0 atom stereocenters. The van der Waals surface area contributed by atoms with E-state index in [9.17, 15) is 0 Å². The molecule has 2 heterocycles. The molecule has 0 unspecified atom stereocenters. The molecule has 0 saturated heterocycles. The molecule has 4 rings (SSSR count). The monoisotopic (exact) mass is 260 g/mol. The predicted octanol–water partition coefficient (Wildman–Crippen LogP) is 2.59. The lowest BCUT2D eigenvalue weighted by molar-refractivity contribution is 0.694. The van der Waals surface area contributed by atoms with Crippen LogP contribution < -0.4 is 5.32 Å². The molecule has 94 valence electrons. The van der Waals surface area contributed by atoms with Crippen LogP contribution in [0.5, 0.6) is 0 Å². The van der Waals surface area contributed by atoms with Gasteiger partial charge in [-0.05, 0) is 25.7 Å². The molecule has 5 heteroatoms. The van der Waals surface area contributed by atoms with Crippen molar-refractivity contribution in [3.8, 4) is 10.7 Å². The van der Waals surface area contributed by atoms with Gasteiger partial charge < -0.3 is 9.88 Å². The second-order valence-electron chi connectivity index (χ2n) is 5.20. The average molecular weight is 260 g/mol. The summed E-state index contributed by atoms with van der Waals surface area (Å²) in [5.74, 6) is 0. The van der Waals surface area contributed by atoms with E-state index in [1.54, 1.807) is 11.3 Å². The van der Waals surface area contributed by atoms with Crippen molar-refractivity contribution >= 4 is 11.3 Å². The summed E-state index contributed by atoms with van der Waals surface area (Å²) in [6, 6.07) is 1.42. The zero-order valence-corrected chi connectivity index (χ0v) is 11.0. The summed E-state index contributed by atoms with van der Waals surface area (Å²) in [5.41, 5.74) is 1.18. The molecule has 2 aromatic rings. The molecule has 0 spiro atoms. The maximum Gasteiger partial charge on any atom is 0.141 e. The Morgan fingerprint density at radius 3 is 2.94 bits per heavy atom. The minimum absolute atomic E-state index is 0.666. The normalized spacial score (nSPS) is 19.3. The first kappa shape index (κ1) is 10.7. The molecule has 2 saturated carbocycles. The number of hydrogen-bond donors (Lipinski definition) is 1. The number of hydrogen-bond acceptors (Lipinski definition) is 4. The summed E-state index contributed by atoms with van der Waals surface area (Å²) in [6.07, 6.45) is 11.1. The fourth-order valence-electron chi connectivity index (χ4n) is 2.15. The van der Waals surface area contributed by atoms with E-state index in [4.69, 9.17) is 0 Å². The summed E-state index contributed by atoms with van der Waals surface area (Å²) in [7, 11) is 0. The lowest BCUT2D eigenvalue weighted by Gasteiger charge is -2.02. The van der Waals surface area contributed by atoms with Crippen LogP contribution in [0.25, 0.3) is 10.7 Å². The van der Waals surface area contributed by atoms with Gasteiger partial charge in [-0.2, -0.15) is 0 Å². The highest BCUT2D eigenvalue weighted by Gasteiger charge is 2.26. The van der Waals surface area contributed by atoms with Gasteiger partial charge >= 0.3 is 0 Å². The van der Waals surface area contributed by atoms with E-state index in [1.165, 1.54) is 36.3 Å². The van der Waals surface area contributed by atoms with E-state index >= 15 is 0 Å². The minimum atomic E-state index is 0.666. The zero-order valence-electron chi connectivity index (χ0n) is 10.2. The lowest BCUT2D eigenvalue weighted by atomic mass is 10.4. The Kier molecular flexibility index (Phi) is 2.48. The standard InChI is InChI=1S/C13H16N4S/c1-2-9(1)15-5-11-6-16-13(18-11)12-7-14-8-17(12)10-3-4-10/h6-10,15H,1-5H2. The number of rotatable bonds is 5. The number of imidazole rings is 1. The first-order chi connectivity index (χ1) is 8.90. The van der Waals surface area contributed by atoms with Crippen molar-refractivity contribution in [3.63, 3.8) is 0 Å². The Hall–Kier alpha value is -1.20. The molecular formula is C13H16N4S. The molecule has 2 aromatic heterocycles. The molecular weight excluding hydrogens is 244 g/mol. The smallest absolute Gasteiger partial charge is 0.141 e. The van der Waals surface area contributed by atoms with E-state index in [1.807, 2.05) is 18.7 Å². The molecule has 0 bridgehead atoms. The molecule has 1 N–H and O–H groups in total. The molecule has 4 nitrogen and oxygen atoms in total. The highest BCUT2D eigenvalue weighted by Crippen LogP contribution is 2.38. The Morgan fingerprint density at radius 1 is 1.28 bits per heavy atom. The van der Waals surface area contributed by atoms with Gasteiger partial charge in [0.05, 0.1) is 18.2 Å². The Labute approximate surface area is 110 Å². The summed E-state index contributed by atoms with van der Waals surface area (Å²) >= 11 is 1.79. The third-order valence-corrected chi connectivity index (χ3v) is 4.54. The maximum atomic E-state index is 4.55. The van der Waals surface area contributed by atoms with Crippen LogP contribution in [0.4, 0.5) is 0 Å². The third kappa shape index (κ3) is 2.08. The fraction of sp³-hybridized carbons (Fsp3) is 0.538. The fourth-order valence-corrected chi connectivity index (χ4v) is 3.03. The molecule has 0 aromatic carbocycles. The number of nitrogens with zero attached hydrogens (tertiary/aromatic N) is 3. The van der Waals surface area contributed by atoms with Crippen LogP contribution in [0, 0.1) is 0 Å². The molecule has 2 aliphatic rings. The summed E-state index contributed by atoms with van der Waals surface area (Å²) in [4.78, 5) is 10.1. The van der Waals surface area contributed by atoms with Crippen LogP contribution >= 0.6 is 11.3 Å². The highest BCUT2D eigenvalue weighted by molar-refractivity contribution is 7.15. The van der Waals surface area contributed by atoms with E-state index in [0.717, 1.165) is 17.6 Å². The van der Waals surface area contributed by atoms with Crippen LogP contribution in [0.2, 0.25) is 0 Å². The Balaban J connectivity index is 1.53. The average Bonchev–Trinajstić information content (AvgIpc) is 3.30. The van der Waals surface area contributed by atoms with Gasteiger partial charge in [0.15, 0.2) is 0 Å². The van der Waals surface area contributed by atoms with Crippen LogP contribution in [0.15, 0.2) is 18.7 Å². The van der Waals surface area contributed by atoms with Crippen LogP contribution in [-0.4, -0.2) is 20.6 Å². The van der Waals surface area contributed by atoms with Gasteiger partial charge in [0.1, 0.15) is 5.01 Å². The van der Waals surface area contributed by atoms with Crippen molar-refractivity contribution < 1.29 is 0 Å². The quantitative estimate of drug-likeness (QED) is 0.898. The molecule has 18 heavy (non-hydrogen) atoms. The van der Waals surface area contributed by atoms with Crippen molar-refractivity contribution in [2.75, 3.05) is 0 Å². The first-order valence-corrected chi connectivity index (χ1v) is 7.42. The topological polar surface area (TPSA) is 42.7 Å². The maximum absolute atomic E-state index is 4.55. The molecule has 0 aliphatic heterocycles. The van der Waals surface area contributed by atoms with Crippen LogP contribution in [0.3, 0.4) is 0 Å². The van der Waals surface area contributed by atoms with Crippen molar-refractivity contribution in [1.29, 1.82) is 0 Å². The van der Waals surface area contributed by atoms with Crippen molar-refractivity contribution in [1.82, 2.24) is 19.9 Å². The van der Waals surface area contributed by atoms with E-state index < -0.39 is 0 Å². The van der Waals surface area contributed by atoms with Gasteiger partial charge in [-0.15, -0.1) is 11.3 Å². The van der Waals surface area contributed by atoms with Gasteiger partial charge in [0, 0.05) is 29.7 Å². The van der Waals surface area contributed by atoms with Crippen molar-refractivity contribution in [3.05, 3.63) is 23.6 Å². The van der Waals surface area contributed by atoms with Gasteiger partial charge in [0.25, 0.3) is 0 Å². The summed E-state index contributed by atoms with van der Waals surface area (Å²) in [5, 5.41) is 4.63. The number of nitrogens with one attached hydrogen (secondary N) is 1. The Morgan fingerprint density at radius 2 is 2.17 bits per heavy atom. The van der Waals surface area contributed by atoms with Gasteiger partial charge in [-0.25, -0.2) is 9.97 Å². The van der Waals surface area contributed by atoms with E-state index in [0.29, 0.717) is 6.04 Å². The van der Waals surface area contributed by atoms with Crippen LogP contribution in [0.1, 0.15) is 36.6 Å². The molecule has 0 amide bonds. The summed E-state index contributed by atoms with van der Waals surface area (Å²) in [6.45, 7) is 0.958. The first-order valence-electron chi connectivity index (χ1n) is 6.60. The zero-order chi connectivity index (χ0) is 11.9. The predicted molar refractivity (Wildman–Crippen MR) is 71.5 cm³/mol. The third-order valence-electron chi connectivity index (χ3n) is 3.52. The highest BCUT2D eigenvalue weighted by atomic mass is 32.1. The largest absolute Gasteiger partial charge is 0.326 e. The van der Waals surface area contributed by atoms with E-state index in [2.05, 4.69) is 19.9 Å². The summed E-state index contributed by atoms with van der Waals surface area (Å²) < 4.78 is 2.27. The van der Waals surface area contributed by atoms with Crippen molar-refractivity contribution in [2.24, 2.45) is 0 Å². The van der Waals surface area contributed by atoms with Gasteiger partial charge in [-0.3, -0.25) is 0 Å². The van der Waals surface area contributed by atoms with E-state index in [-0.39, 0.29) is 0 Å². The second-order valence-corrected chi connectivity index (χ2v) is 6.32. The number of aromatic nitrogens is 3. The molecule has 2 fully saturated rings. The Bertz CT molecular complexity index is 551. The minimum Gasteiger partial charge on any atom is -0.326 e. The number of thiazole rings is 1.